The lowest BCUT2D eigenvalue weighted by atomic mass is 9.95. The molecular weight excluding hydrogens is 246 g/mol. The highest BCUT2D eigenvalue weighted by molar-refractivity contribution is 6.31. The monoisotopic (exact) mass is 257 g/mol. The normalized spacial score (nSPS) is 17.5. The highest BCUT2D eigenvalue weighted by Crippen LogP contribution is 2.33. The van der Waals surface area contributed by atoms with E-state index in [-0.39, 0.29) is 11.7 Å². The third-order valence-corrected chi connectivity index (χ3v) is 3.62. The SMILES string of the molecule is O=C(c1cccc(Cl)c1)C1CCc2cccnc21. The molecule has 0 N–H and O–H groups in total. The van der Waals surface area contributed by atoms with Crippen molar-refractivity contribution in [2.45, 2.75) is 18.8 Å². The number of pyridine rings is 1. The van der Waals surface area contributed by atoms with Crippen molar-refractivity contribution in [3.63, 3.8) is 0 Å². The fraction of sp³-hybridized carbons (Fsp3) is 0.200. The van der Waals surface area contributed by atoms with E-state index in [1.807, 2.05) is 24.3 Å². The molecule has 0 saturated carbocycles. The van der Waals surface area contributed by atoms with E-state index in [1.165, 1.54) is 5.56 Å². The van der Waals surface area contributed by atoms with Crippen molar-refractivity contribution < 1.29 is 4.79 Å². The average molecular weight is 258 g/mol. The van der Waals surface area contributed by atoms with E-state index >= 15 is 0 Å². The summed E-state index contributed by atoms with van der Waals surface area (Å²) in [6.45, 7) is 0. The molecule has 1 unspecified atom stereocenters. The van der Waals surface area contributed by atoms with Gasteiger partial charge < -0.3 is 0 Å². The highest BCUT2D eigenvalue weighted by atomic mass is 35.5. The number of rotatable bonds is 2. The fourth-order valence-corrected chi connectivity index (χ4v) is 2.70. The number of benzene rings is 1. The first-order valence-corrected chi connectivity index (χ1v) is 6.37. The maximum atomic E-state index is 12.5. The highest BCUT2D eigenvalue weighted by Gasteiger charge is 2.30. The van der Waals surface area contributed by atoms with E-state index in [1.54, 1.807) is 18.3 Å². The van der Waals surface area contributed by atoms with E-state index < -0.39 is 0 Å². The van der Waals surface area contributed by atoms with Gasteiger partial charge in [-0.1, -0.05) is 29.8 Å². The number of fused-ring (bicyclic) bond motifs is 1. The number of halogens is 1. The van der Waals surface area contributed by atoms with Gasteiger partial charge in [0.15, 0.2) is 5.78 Å². The summed E-state index contributed by atoms with van der Waals surface area (Å²) in [5, 5.41) is 0.597. The summed E-state index contributed by atoms with van der Waals surface area (Å²) in [5.74, 6) is 0.00890. The maximum Gasteiger partial charge on any atom is 0.171 e. The molecule has 1 aliphatic rings. The standard InChI is InChI=1S/C15H12ClNO/c16-12-5-1-3-11(9-12)15(18)13-7-6-10-4-2-8-17-14(10)13/h1-5,8-9,13H,6-7H2. The van der Waals surface area contributed by atoms with E-state index in [0.29, 0.717) is 10.6 Å². The molecule has 3 heteroatoms. The number of carbonyl (C=O) groups excluding carboxylic acids is 1. The van der Waals surface area contributed by atoms with Crippen LogP contribution in [0.2, 0.25) is 5.02 Å². The number of hydrogen-bond donors (Lipinski definition) is 0. The Bertz CT molecular complexity index is 609. The lowest BCUT2D eigenvalue weighted by Crippen LogP contribution is -2.11. The number of Topliss-reactive ketones (excluding diaryl/α,β-unsaturated/α-hetero) is 1. The Morgan fingerprint density at radius 2 is 2.17 bits per heavy atom. The number of carbonyl (C=O) groups is 1. The molecule has 0 fully saturated rings. The van der Waals surface area contributed by atoms with Crippen LogP contribution in [0.4, 0.5) is 0 Å². The first-order valence-electron chi connectivity index (χ1n) is 5.99. The second-order valence-corrected chi connectivity index (χ2v) is 4.95. The Hall–Kier alpha value is -1.67. The summed E-state index contributed by atoms with van der Waals surface area (Å²) in [6, 6.07) is 11.1. The van der Waals surface area contributed by atoms with Gasteiger partial charge in [-0.2, -0.15) is 0 Å². The molecule has 1 heterocycles. The van der Waals surface area contributed by atoms with Crippen LogP contribution in [0, 0.1) is 0 Å². The van der Waals surface area contributed by atoms with Crippen LogP contribution in [0.1, 0.15) is 34.0 Å². The number of aromatic nitrogens is 1. The van der Waals surface area contributed by atoms with Crippen molar-refractivity contribution in [3.8, 4) is 0 Å². The van der Waals surface area contributed by atoms with Gasteiger partial charge in [-0.15, -0.1) is 0 Å². The summed E-state index contributed by atoms with van der Waals surface area (Å²) >= 11 is 5.93. The number of aryl methyl sites for hydroxylation is 1. The summed E-state index contributed by atoms with van der Waals surface area (Å²) in [6.07, 6.45) is 3.53. The van der Waals surface area contributed by atoms with Gasteiger partial charge in [0.2, 0.25) is 0 Å². The predicted molar refractivity (Wildman–Crippen MR) is 71.1 cm³/mol. The van der Waals surface area contributed by atoms with Gasteiger partial charge in [0.05, 0.1) is 11.6 Å². The van der Waals surface area contributed by atoms with Gasteiger partial charge in [0, 0.05) is 16.8 Å². The minimum atomic E-state index is -0.111. The van der Waals surface area contributed by atoms with Crippen LogP contribution < -0.4 is 0 Å². The van der Waals surface area contributed by atoms with Crippen LogP contribution >= 0.6 is 11.6 Å². The lowest BCUT2D eigenvalue weighted by Gasteiger charge is -2.09. The molecule has 0 aliphatic heterocycles. The topological polar surface area (TPSA) is 30.0 Å². The second-order valence-electron chi connectivity index (χ2n) is 4.51. The molecule has 0 saturated heterocycles. The van der Waals surface area contributed by atoms with E-state index in [0.717, 1.165) is 18.5 Å². The zero-order valence-corrected chi connectivity index (χ0v) is 10.5. The first kappa shape index (κ1) is 11.4. The Kier molecular flexibility index (Phi) is 2.88. The summed E-state index contributed by atoms with van der Waals surface area (Å²) in [5.41, 5.74) is 2.80. The third kappa shape index (κ3) is 1.93. The second kappa shape index (κ2) is 4.54. The van der Waals surface area contributed by atoms with E-state index in [4.69, 9.17) is 11.6 Å². The van der Waals surface area contributed by atoms with Crippen LogP contribution in [0.3, 0.4) is 0 Å². The minimum absolute atomic E-state index is 0.111. The molecule has 90 valence electrons. The molecule has 0 spiro atoms. The summed E-state index contributed by atoms with van der Waals surface area (Å²) in [4.78, 5) is 16.8. The molecule has 2 aromatic rings. The van der Waals surface area contributed by atoms with Crippen molar-refractivity contribution in [1.82, 2.24) is 4.98 Å². The van der Waals surface area contributed by atoms with Gasteiger partial charge in [0.25, 0.3) is 0 Å². The van der Waals surface area contributed by atoms with Crippen LogP contribution in [0.15, 0.2) is 42.6 Å². The van der Waals surface area contributed by atoms with Crippen molar-refractivity contribution in [1.29, 1.82) is 0 Å². The van der Waals surface area contributed by atoms with Gasteiger partial charge in [0.1, 0.15) is 0 Å². The maximum absolute atomic E-state index is 12.5. The Morgan fingerprint density at radius 3 is 3.00 bits per heavy atom. The molecule has 1 aromatic heterocycles. The molecule has 18 heavy (non-hydrogen) atoms. The Balaban J connectivity index is 1.96. The van der Waals surface area contributed by atoms with Crippen LogP contribution in [0.25, 0.3) is 0 Å². The predicted octanol–water partition coefficient (Wildman–Crippen LogP) is 3.65. The Morgan fingerprint density at radius 1 is 1.28 bits per heavy atom. The average Bonchev–Trinajstić information content (AvgIpc) is 2.82. The molecule has 3 rings (SSSR count). The zero-order chi connectivity index (χ0) is 12.5. The summed E-state index contributed by atoms with van der Waals surface area (Å²) in [7, 11) is 0. The zero-order valence-electron chi connectivity index (χ0n) is 9.77. The molecule has 0 radical (unpaired) electrons. The van der Waals surface area contributed by atoms with Crippen LogP contribution in [-0.2, 0) is 6.42 Å². The molecule has 2 nitrogen and oxygen atoms in total. The number of hydrogen-bond acceptors (Lipinski definition) is 2. The van der Waals surface area contributed by atoms with Crippen molar-refractivity contribution in [2.75, 3.05) is 0 Å². The number of ketones is 1. The van der Waals surface area contributed by atoms with Gasteiger partial charge in [-0.3, -0.25) is 9.78 Å². The molecule has 1 aliphatic carbocycles. The van der Waals surface area contributed by atoms with Crippen molar-refractivity contribution in [3.05, 3.63) is 64.4 Å². The fourth-order valence-electron chi connectivity index (χ4n) is 2.51. The van der Waals surface area contributed by atoms with Crippen LogP contribution in [-0.4, -0.2) is 10.8 Å². The minimum Gasteiger partial charge on any atom is -0.293 e. The Labute approximate surface area is 111 Å². The third-order valence-electron chi connectivity index (χ3n) is 3.38. The van der Waals surface area contributed by atoms with Gasteiger partial charge in [-0.25, -0.2) is 0 Å². The van der Waals surface area contributed by atoms with Gasteiger partial charge in [-0.05, 0) is 36.6 Å². The van der Waals surface area contributed by atoms with E-state index in [2.05, 4.69) is 4.98 Å². The molecule has 1 aromatic carbocycles. The van der Waals surface area contributed by atoms with Crippen LogP contribution in [0.5, 0.6) is 0 Å². The summed E-state index contributed by atoms with van der Waals surface area (Å²) < 4.78 is 0. The smallest absolute Gasteiger partial charge is 0.171 e. The van der Waals surface area contributed by atoms with E-state index in [9.17, 15) is 4.79 Å². The number of nitrogens with zero attached hydrogens (tertiary/aromatic N) is 1. The lowest BCUT2D eigenvalue weighted by molar-refractivity contribution is 0.0958. The molecule has 1 atom stereocenters. The van der Waals surface area contributed by atoms with Crippen molar-refractivity contribution in [2.24, 2.45) is 0 Å². The molecule has 0 bridgehead atoms. The van der Waals surface area contributed by atoms with Crippen molar-refractivity contribution >= 4 is 17.4 Å². The molecular formula is C15H12ClNO. The quantitative estimate of drug-likeness (QED) is 0.769. The largest absolute Gasteiger partial charge is 0.293 e. The van der Waals surface area contributed by atoms with Gasteiger partial charge >= 0.3 is 0 Å². The first-order chi connectivity index (χ1) is 8.75. The molecule has 0 amide bonds.